The number of hydrogen-bond donors (Lipinski definition) is 1. The molecule has 0 aromatic heterocycles. The van der Waals surface area contributed by atoms with Crippen molar-refractivity contribution in [3.05, 3.63) is 167 Å². The third-order valence-corrected chi connectivity index (χ3v) is 13.2. The lowest BCUT2D eigenvalue weighted by molar-refractivity contribution is -0.00900. The zero-order chi connectivity index (χ0) is 45.6. The van der Waals surface area contributed by atoms with Crippen molar-refractivity contribution in [2.75, 3.05) is 40.6 Å². The first-order chi connectivity index (χ1) is 31.2. The monoisotopic (exact) mass is 887 g/mol. The SMILES string of the molecule is COc1ccc(C(OCCCC(OC(=O)NCCCCCCOP(OCCC#N)N(C(C)C)C(C)C)(c2ccccc2)c2ccccc2)(c2ccccc2)c2ccc(OC)cc2)cc1. The van der Waals surface area contributed by atoms with Gasteiger partial charge in [0.25, 0.3) is 8.53 Å². The fourth-order valence-corrected chi connectivity index (χ4v) is 9.71. The molecule has 5 rings (SSSR count). The van der Waals surface area contributed by atoms with E-state index in [0.29, 0.717) is 45.6 Å². The van der Waals surface area contributed by atoms with Gasteiger partial charge in [0, 0.05) is 36.4 Å². The molecule has 5 aromatic rings. The number of rotatable bonds is 27. The van der Waals surface area contributed by atoms with E-state index in [-0.39, 0.29) is 12.1 Å². The average molecular weight is 888 g/mol. The van der Waals surface area contributed by atoms with Crippen molar-refractivity contribution in [3.63, 3.8) is 0 Å². The lowest BCUT2D eigenvalue weighted by Gasteiger charge is -2.37. The van der Waals surface area contributed by atoms with Crippen molar-refractivity contribution in [2.45, 2.75) is 95.9 Å². The predicted octanol–water partition coefficient (Wildman–Crippen LogP) is 12.3. The van der Waals surface area contributed by atoms with Gasteiger partial charge in [-0.25, -0.2) is 9.46 Å². The molecule has 0 heterocycles. The Kier molecular flexibility index (Phi) is 20.1. The zero-order valence-electron chi connectivity index (χ0n) is 38.4. The van der Waals surface area contributed by atoms with Crippen LogP contribution in [0.5, 0.6) is 11.5 Å². The second-order valence-electron chi connectivity index (χ2n) is 16.1. The Morgan fingerprint density at radius 2 is 1.08 bits per heavy atom. The topological polar surface area (TPSA) is 112 Å². The normalized spacial score (nSPS) is 12.2. The summed E-state index contributed by atoms with van der Waals surface area (Å²) in [6, 6.07) is 48.9. The van der Waals surface area contributed by atoms with Crippen LogP contribution in [0.25, 0.3) is 0 Å². The summed E-state index contributed by atoms with van der Waals surface area (Å²) in [6.07, 6.45) is 4.38. The summed E-state index contributed by atoms with van der Waals surface area (Å²) >= 11 is 0. The molecule has 0 saturated carbocycles. The largest absolute Gasteiger partial charge is 0.497 e. The maximum Gasteiger partial charge on any atom is 0.408 e. The second kappa shape index (κ2) is 25.9. The summed E-state index contributed by atoms with van der Waals surface area (Å²) in [5.41, 5.74) is 2.53. The van der Waals surface area contributed by atoms with Crippen LogP contribution in [0.1, 0.15) is 100 Å². The van der Waals surface area contributed by atoms with Gasteiger partial charge >= 0.3 is 6.09 Å². The molecule has 0 aliphatic rings. The Morgan fingerprint density at radius 1 is 0.609 bits per heavy atom. The lowest BCUT2D eigenvalue weighted by Crippen LogP contribution is -2.39. The molecule has 1 amide bonds. The van der Waals surface area contributed by atoms with E-state index in [1.165, 1.54) is 0 Å². The quantitative estimate of drug-likeness (QED) is 0.0313. The van der Waals surface area contributed by atoms with Crippen LogP contribution in [0.2, 0.25) is 0 Å². The van der Waals surface area contributed by atoms with Crippen molar-refractivity contribution < 1.29 is 32.8 Å². The van der Waals surface area contributed by atoms with E-state index < -0.39 is 25.8 Å². The van der Waals surface area contributed by atoms with Crippen LogP contribution in [-0.2, 0) is 29.7 Å². The third-order valence-electron chi connectivity index (χ3n) is 11.1. The summed E-state index contributed by atoms with van der Waals surface area (Å²) in [5.74, 6) is 1.50. The number of benzene rings is 5. The van der Waals surface area contributed by atoms with Crippen LogP contribution in [0.15, 0.2) is 140 Å². The highest BCUT2D eigenvalue weighted by molar-refractivity contribution is 7.44. The zero-order valence-corrected chi connectivity index (χ0v) is 39.3. The molecule has 5 aromatic carbocycles. The molecule has 0 saturated heterocycles. The number of methoxy groups -OCH3 is 2. The van der Waals surface area contributed by atoms with Crippen LogP contribution in [0.4, 0.5) is 4.79 Å². The van der Waals surface area contributed by atoms with Crippen molar-refractivity contribution in [2.24, 2.45) is 0 Å². The fraction of sp³-hybridized carbons (Fsp3) is 0.396. The van der Waals surface area contributed by atoms with Crippen molar-refractivity contribution in [3.8, 4) is 17.6 Å². The molecular formula is C53H66N3O7P. The Hall–Kier alpha value is -5.27. The highest BCUT2D eigenvalue weighted by atomic mass is 31.2. The Balaban J connectivity index is 1.29. The molecular weight excluding hydrogens is 822 g/mol. The third kappa shape index (κ3) is 13.4. The van der Waals surface area contributed by atoms with E-state index in [2.05, 4.69) is 80.1 Å². The number of amides is 1. The summed E-state index contributed by atoms with van der Waals surface area (Å²) in [5, 5.41) is 12.1. The van der Waals surface area contributed by atoms with Crippen molar-refractivity contribution in [1.29, 1.82) is 5.26 Å². The molecule has 0 aliphatic heterocycles. The molecule has 10 nitrogen and oxygen atoms in total. The molecule has 1 atom stereocenters. The number of carbonyl (C=O) groups excluding carboxylic acids is 1. The molecule has 0 spiro atoms. The van der Waals surface area contributed by atoms with Crippen LogP contribution >= 0.6 is 8.53 Å². The fourth-order valence-electron chi connectivity index (χ4n) is 8.08. The molecule has 64 heavy (non-hydrogen) atoms. The van der Waals surface area contributed by atoms with Gasteiger partial charge in [0.1, 0.15) is 17.1 Å². The van der Waals surface area contributed by atoms with E-state index in [1.807, 2.05) is 103 Å². The van der Waals surface area contributed by atoms with Gasteiger partial charge in [0.05, 0.1) is 39.9 Å². The van der Waals surface area contributed by atoms with E-state index >= 15 is 0 Å². The van der Waals surface area contributed by atoms with Crippen LogP contribution < -0.4 is 14.8 Å². The molecule has 0 bridgehead atoms. The van der Waals surface area contributed by atoms with Crippen LogP contribution in [0, 0.1) is 11.3 Å². The maximum atomic E-state index is 13.9. The number of nitrogens with one attached hydrogen (secondary N) is 1. The van der Waals surface area contributed by atoms with Gasteiger partial charge < -0.3 is 33.3 Å². The molecule has 0 fully saturated rings. The lowest BCUT2D eigenvalue weighted by atomic mass is 9.79. The van der Waals surface area contributed by atoms with Gasteiger partial charge in [-0.05, 0) is 94.3 Å². The number of nitrogens with zero attached hydrogens (tertiary/aromatic N) is 2. The summed E-state index contributed by atoms with van der Waals surface area (Å²) in [7, 11) is 2.06. The highest BCUT2D eigenvalue weighted by Crippen LogP contribution is 2.46. The molecule has 0 aliphatic carbocycles. The smallest absolute Gasteiger partial charge is 0.408 e. The molecule has 11 heteroatoms. The minimum atomic E-state index is -1.26. The number of ether oxygens (including phenoxy) is 4. The minimum Gasteiger partial charge on any atom is -0.497 e. The highest BCUT2D eigenvalue weighted by Gasteiger charge is 2.41. The summed E-state index contributed by atoms with van der Waals surface area (Å²) < 4.78 is 39.5. The Morgan fingerprint density at radius 3 is 1.56 bits per heavy atom. The van der Waals surface area contributed by atoms with Crippen molar-refractivity contribution >= 4 is 14.6 Å². The van der Waals surface area contributed by atoms with Crippen molar-refractivity contribution in [1.82, 2.24) is 9.99 Å². The molecule has 340 valence electrons. The van der Waals surface area contributed by atoms with E-state index in [1.54, 1.807) is 14.2 Å². The van der Waals surface area contributed by atoms with Crippen LogP contribution in [0.3, 0.4) is 0 Å². The van der Waals surface area contributed by atoms with Gasteiger partial charge in [-0.3, -0.25) is 0 Å². The first kappa shape index (κ1) is 49.7. The van der Waals surface area contributed by atoms with Gasteiger partial charge in [0.15, 0.2) is 5.60 Å². The molecule has 1 N–H and O–H groups in total. The number of unbranched alkanes of at least 4 members (excludes halogenated alkanes) is 3. The second-order valence-corrected chi connectivity index (χ2v) is 17.6. The minimum absolute atomic E-state index is 0.254. The molecule has 0 radical (unpaired) electrons. The average Bonchev–Trinajstić information content (AvgIpc) is 3.32. The summed E-state index contributed by atoms with van der Waals surface area (Å²) in [4.78, 5) is 13.9. The first-order valence-corrected chi connectivity index (χ1v) is 23.6. The Labute approximate surface area is 382 Å². The first-order valence-electron chi connectivity index (χ1n) is 22.5. The van der Waals surface area contributed by atoms with Crippen LogP contribution in [-0.4, -0.2) is 63.4 Å². The van der Waals surface area contributed by atoms with Gasteiger partial charge in [-0.1, -0.05) is 128 Å². The van der Waals surface area contributed by atoms with Gasteiger partial charge in [0.2, 0.25) is 0 Å². The Bertz CT molecular complexity index is 2020. The van der Waals surface area contributed by atoms with Gasteiger partial charge in [-0.2, -0.15) is 5.26 Å². The number of carbonyl (C=O) groups is 1. The predicted molar refractivity (Wildman–Crippen MR) is 255 cm³/mol. The molecule has 1 unspecified atom stereocenters. The maximum absolute atomic E-state index is 13.9. The van der Waals surface area contributed by atoms with E-state index in [4.69, 9.17) is 33.3 Å². The number of alkyl carbamates (subject to hydrolysis) is 1. The number of nitriles is 1. The van der Waals surface area contributed by atoms with Gasteiger partial charge in [-0.15, -0.1) is 0 Å². The number of hydrogen-bond acceptors (Lipinski definition) is 9. The summed E-state index contributed by atoms with van der Waals surface area (Å²) in [6.45, 7) is 10.3. The standard InChI is InChI=1S/C53H66N3O7P/c1-42(2)56(43(3)4)64(62-41-21-37-54)61-40-19-8-7-18-38-55-51(57)63-52(44-22-12-9-13-23-44,45-24-14-10-15-25-45)36-20-39-60-53(46-26-16-11-17-27-46,47-28-32-49(58-5)33-29-47)48-30-34-50(59-6)35-31-48/h9-17,22-35,42-43H,7-8,18-21,36,38-41H2,1-6H3,(H,55,57). The van der Waals surface area contributed by atoms with E-state index in [9.17, 15) is 4.79 Å². The van der Waals surface area contributed by atoms with E-state index in [0.717, 1.165) is 65.0 Å².